The molecule has 2 fully saturated rings. The molecule has 2 saturated heterocycles. The zero-order valence-corrected chi connectivity index (χ0v) is 10.6. The minimum atomic E-state index is -0.324. The van der Waals surface area contributed by atoms with Gasteiger partial charge in [0.2, 0.25) is 0 Å². The number of thioether (sulfide) groups is 1. The van der Waals surface area contributed by atoms with Gasteiger partial charge in [-0.25, -0.2) is 4.79 Å². The standard InChI is InChI=1S/C12H12N2O3S/c1-17-8-4-2-7(3-5-8)11-14-9(6-18-11)10(15)13-12(14)16/h2-5,9,11H,6H2,1H3,(H,13,15,16)/t9-,11?/m0/s1. The second kappa shape index (κ2) is 4.20. The van der Waals surface area contributed by atoms with E-state index in [0.29, 0.717) is 5.75 Å². The van der Waals surface area contributed by atoms with Gasteiger partial charge >= 0.3 is 6.03 Å². The first kappa shape index (κ1) is 11.4. The molecule has 2 aliphatic heterocycles. The van der Waals surface area contributed by atoms with Gasteiger partial charge < -0.3 is 4.74 Å². The van der Waals surface area contributed by atoms with E-state index in [1.54, 1.807) is 23.8 Å². The molecule has 0 radical (unpaired) electrons. The number of carbonyl (C=O) groups is 2. The molecular formula is C12H12N2O3S. The Morgan fingerprint density at radius 1 is 1.33 bits per heavy atom. The van der Waals surface area contributed by atoms with E-state index in [1.807, 2.05) is 24.3 Å². The topological polar surface area (TPSA) is 58.6 Å². The van der Waals surface area contributed by atoms with Crippen molar-refractivity contribution in [2.24, 2.45) is 0 Å². The Morgan fingerprint density at radius 2 is 2.06 bits per heavy atom. The molecule has 0 spiro atoms. The van der Waals surface area contributed by atoms with Crippen molar-refractivity contribution in [2.75, 3.05) is 12.9 Å². The molecule has 2 heterocycles. The molecule has 3 amide bonds. The maximum Gasteiger partial charge on any atom is 0.326 e. The van der Waals surface area contributed by atoms with Crippen LogP contribution >= 0.6 is 11.8 Å². The van der Waals surface area contributed by atoms with Gasteiger partial charge in [0.25, 0.3) is 5.91 Å². The number of rotatable bonds is 2. The van der Waals surface area contributed by atoms with Crippen LogP contribution in [0.2, 0.25) is 0 Å². The third-order valence-corrected chi connectivity index (χ3v) is 4.49. The van der Waals surface area contributed by atoms with E-state index in [-0.39, 0.29) is 23.4 Å². The SMILES string of the molecule is COc1ccc(C2SC[C@H]3C(=O)NC(=O)N23)cc1. The van der Waals surface area contributed by atoms with Gasteiger partial charge in [-0.05, 0) is 17.7 Å². The number of ether oxygens (including phenoxy) is 1. The van der Waals surface area contributed by atoms with Crippen molar-refractivity contribution in [1.29, 1.82) is 0 Å². The number of carbonyl (C=O) groups excluding carboxylic acids is 2. The van der Waals surface area contributed by atoms with Crippen LogP contribution in [0.3, 0.4) is 0 Å². The van der Waals surface area contributed by atoms with E-state index in [1.165, 1.54) is 0 Å². The quantitative estimate of drug-likeness (QED) is 0.819. The van der Waals surface area contributed by atoms with E-state index in [4.69, 9.17) is 4.74 Å². The molecule has 18 heavy (non-hydrogen) atoms. The summed E-state index contributed by atoms with van der Waals surface area (Å²) in [5, 5.41) is 2.26. The van der Waals surface area contributed by atoms with Crippen LogP contribution in [0.25, 0.3) is 0 Å². The lowest BCUT2D eigenvalue weighted by atomic mass is 10.2. The summed E-state index contributed by atoms with van der Waals surface area (Å²) in [6, 6.07) is 6.95. The number of nitrogens with one attached hydrogen (secondary N) is 1. The number of imide groups is 1. The first-order chi connectivity index (χ1) is 8.70. The highest BCUT2D eigenvalue weighted by molar-refractivity contribution is 7.99. The van der Waals surface area contributed by atoms with E-state index >= 15 is 0 Å². The number of amides is 3. The average molecular weight is 264 g/mol. The van der Waals surface area contributed by atoms with Crippen LogP contribution in [-0.2, 0) is 4.79 Å². The predicted molar refractivity (Wildman–Crippen MR) is 67.4 cm³/mol. The van der Waals surface area contributed by atoms with E-state index < -0.39 is 0 Å². The fourth-order valence-corrected chi connectivity index (χ4v) is 3.66. The lowest BCUT2D eigenvalue weighted by Crippen LogP contribution is -2.32. The Morgan fingerprint density at radius 3 is 2.72 bits per heavy atom. The summed E-state index contributed by atoms with van der Waals surface area (Å²) in [7, 11) is 1.61. The molecule has 2 atom stereocenters. The molecule has 0 bridgehead atoms. The summed E-state index contributed by atoms with van der Waals surface area (Å²) in [5.74, 6) is 1.23. The summed E-state index contributed by atoms with van der Waals surface area (Å²) >= 11 is 1.61. The van der Waals surface area contributed by atoms with Crippen molar-refractivity contribution in [3.8, 4) is 5.75 Å². The highest BCUT2D eigenvalue weighted by atomic mass is 32.2. The monoisotopic (exact) mass is 264 g/mol. The summed E-state index contributed by atoms with van der Waals surface area (Å²) < 4.78 is 5.10. The third-order valence-electron chi connectivity index (χ3n) is 3.17. The lowest BCUT2D eigenvalue weighted by Gasteiger charge is -2.21. The van der Waals surface area contributed by atoms with Gasteiger partial charge in [0, 0.05) is 5.75 Å². The largest absolute Gasteiger partial charge is 0.497 e. The van der Waals surface area contributed by atoms with Crippen molar-refractivity contribution < 1.29 is 14.3 Å². The average Bonchev–Trinajstić information content (AvgIpc) is 2.93. The maximum absolute atomic E-state index is 11.7. The Hall–Kier alpha value is -1.69. The molecule has 3 rings (SSSR count). The van der Waals surface area contributed by atoms with Crippen molar-refractivity contribution in [3.63, 3.8) is 0 Å². The summed E-state index contributed by atoms with van der Waals surface area (Å²) in [6.07, 6.45) is 0. The van der Waals surface area contributed by atoms with Gasteiger partial charge in [0.1, 0.15) is 17.2 Å². The fourth-order valence-electron chi connectivity index (χ4n) is 2.23. The number of methoxy groups -OCH3 is 1. The van der Waals surface area contributed by atoms with Gasteiger partial charge in [-0.1, -0.05) is 12.1 Å². The summed E-state index contributed by atoms with van der Waals surface area (Å²) in [5.41, 5.74) is 1.01. The van der Waals surface area contributed by atoms with Gasteiger partial charge in [-0.2, -0.15) is 0 Å². The van der Waals surface area contributed by atoms with Crippen LogP contribution in [-0.4, -0.2) is 35.7 Å². The first-order valence-corrected chi connectivity index (χ1v) is 6.64. The van der Waals surface area contributed by atoms with Gasteiger partial charge in [0.15, 0.2) is 0 Å². The number of hydrogen-bond donors (Lipinski definition) is 1. The number of urea groups is 1. The molecule has 5 nitrogen and oxygen atoms in total. The minimum Gasteiger partial charge on any atom is -0.497 e. The van der Waals surface area contributed by atoms with E-state index in [9.17, 15) is 9.59 Å². The third kappa shape index (κ3) is 1.64. The van der Waals surface area contributed by atoms with Gasteiger partial charge in [0.05, 0.1) is 7.11 Å². The Labute approximate surface area is 108 Å². The zero-order valence-electron chi connectivity index (χ0n) is 9.75. The molecule has 2 aliphatic rings. The molecule has 1 aromatic carbocycles. The normalized spacial score (nSPS) is 26.2. The molecule has 1 unspecified atom stereocenters. The van der Waals surface area contributed by atoms with Gasteiger partial charge in [-0.3, -0.25) is 15.0 Å². The second-order valence-corrected chi connectivity index (χ2v) is 5.29. The van der Waals surface area contributed by atoms with Crippen LogP contribution in [0, 0.1) is 0 Å². The number of fused-ring (bicyclic) bond motifs is 1. The fraction of sp³-hybridized carbons (Fsp3) is 0.333. The first-order valence-electron chi connectivity index (χ1n) is 5.59. The molecule has 6 heteroatoms. The van der Waals surface area contributed by atoms with Gasteiger partial charge in [-0.15, -0.1) is 11.8 Å². The molecule has 0 aromatic heterocycles. The summed E-state index contributed by atoms with van der Waals surface area (Å²) in [6.45, 7) is 0. The number of benzene rings is 1. The van der Waals surface area contributed by atoms with Crippen LogP contribution in [0.4, 0.5) is 4.79 Å². The minimum absolute atomic E-state index is 0.0904. The molecular weight excluding hydrogens is 252 g/mol. The Bertz CT molecular complexity index is 503. The Balaban J connectivity index is 1.88. The van der Waals surface area contributed by atoms with E-state index in [0.717, 1.165) is 11.3 Å². The smallest absolute Gasteiger partial charge is 0.326 e. The van der Waals surface area contributed by atoms with Crippen molar-refractivity contribution in [3.05, 3.63) is 29.8 Å². The molecule has 1 N–H and O–H groups in total. The van der Waals surface area contributed by atoms with Crippen LogP contribution in [0.5, 0.6) is 5.75 Å². The van der Waals surface area contributed by atoms with Crippen molar-refractivity contribution in [2.45, 2.75) is 11.4 Å². The molecule has 0 aliphatic carbocycles. The second-order valence-electron chi connectivity index (χ2n) is 4.18. The highest BCUT2D eigenvalue weighted by Gasteiger charge is 2.47. The lowest BCUT2D eigenvalue weighted by molar-refractivity contribution is -0.120. The number of nitrogens with zero attached hydrogens (tertiary/aromatic N) is 1. The zero-order chi connectivity index (χ0) is 12.7. The highest BCUT2D eigenvalue weighted by Crippen LogP contribution is 2.43. The van der Waals surface area contributed by atoms with Crippen LogP contribution < -0.4 is 10.1 Å². The van der Waals surface area contributed by atoms with E-state index in [2.05, 4.69) is 5.32 Å². The Kier molecular flexibility index (Phi) is 2.66. The van der Waals surface area contributed by atoms with Crippen molar-refractivity contribution in [1.82, 2.24) is 10.2 Å². The molecule has 1 aromatic rings. The van der Waals surface area contributed by atoms with Crippen LogP contribution in [0.1, 0.15) is 10.9 Å². The number of hydrogen-bond acceptors (Lipinski definition) is 4. The molecule has 0 saturated carbocycles. The van der Waals surface area contributed by atoms with Crippen LogP contribution in [0.15, 0.2) is 24.3 Å². The predicted octanol–water partition coefficient (Wildman–Crippen LogP) is 1.36. The van der Waals surface area contributed by atoms with Crippen molar-refractivity contribution >= 4 is 23.7 Å². The maximum atomic E-state index is 11.7. The molecule has 94 valence electrons. The summed E-state index contributed by atoms with van der Waals surface area (Å²) in [4.78, 5) is 24.9.